The largest absolute Gasteiger partial charge is 0.493 e. The van der Waals surface area contributed by atoms with Crippen molar-refractivity contribution in [2.24, 2.45) is 0 Å². The highest BCUT2D eigenvalue weighted by molar-refractivity contribution is 8.00. The normalized spacial score (nSPS) is 11.7. The van der Waals surface area contributed by atoms with Crippen LogP contribution in [-0.4, -0.2) is 37.2 Å². The summed E-state index contributed by atoms with van der Waals surface area (Å²) in [5, 5.41) is 8.18. The van der Waals surface area contributed by atoms with E-state index in [9.17, 15) is 14.4 Å². The molecule has 0 aliphatic heterocycles. The first-order valence-electron chi connectivity index (χ1n) is 13.5. The first-order chi connectivity index (χ1) is 20.8. The molecule has 0 aromatic heterocycles. The maximum absolute atomic E-state index is 13.5. The minimum atomic E-state index is -0.522. The van der Waals surface area contributed by atoms with E-state index < -0.39 is 17.1 Å². The summed E-state index contributed by atoms with van der Waals surface area (Å²) in [7, 11) is 3.06. The number of hydrogen-bond donors (Lipinski definition) is 3. The van der Waals surface area contributed by atoms with Gasteiger partial charge in [0.15, 0.2) is 11.5 Å². The highest BCUT2D eigenvalue weighted by Crippen LogP contribution is 2.29. The minimum Gasteiger partial charge on any atom is -0.493 e. The number of benzene rings is 4. The monoisotopic (exact) mass is 595 g/mol. The average molecular weight is 596 g/mol. The van der Waals surface area contributed by atoms with Gasteiger partial charge < -0.3 is 25.4 Å². The first-order valence-corrected chi connectivity index (χ1v) is 14.4. The van der Waals surface area contributed by atoms with Gasteiger partial charge in [-0.05, 0) is 79.6 Å². The lowest BCUT2D eigenvalue weighted by Crippen LogP contribution is -2.30. The molecule has 0 bridgehead atoms. The molecule has 0 saturated heterocycles. The zero-order valence-electron chi connectivity index (χ0n) is 24.3. The molecule has 0 spiro atoms. The SMILES string of the molecule is COc1ccc(/C=C(/NC(=O)c2ccccc2)C(=O)Nc2cccc(SC(C)C(=O)Nc3ccccc3C)c2)cc1OC. The molecule has 43 heavy (non-hydrogen) atoms. The third-order valence-corrected chi connectivity index (χ3v) is 7.52. The smallest absolute Gasteiger partial charge is 0.272 e. The van der Waals surface area contributed by atoms with E-state index in [2.05, 4.69) is 16.0 Å². The van der Waals surface area contributed by atoms with Gasteiger partial charge in [-0.3, -0.25) is 14.4 Å². The van der Waals surface area contributed by atoms with Crippen LogP contribution >= 0.6 is 11.8 Å². The van der Waals surface area contributed by atoms with Gasteiger partial charge in [0, 0.05) is 21.8 Å². The van der Waals surface area contributed by atoms with Gasteiger partial charge >= 0.3 is 0 Å². The van der Waals surface area contributed by atoms with E-state index in [4.69, 9.17) is 9.47 Å². The highest BCUT2D eigenvalue weighted by Gasteiger charge is 2.18. The first kappa shape index (κ1) is 30.9. The maximum atomic E-state index is 13.5. The van der Waals surface area contributed by atoms with Gasteiger partial charge in [0.05, 0.1) is 19.5 Å². The van der Waals surface area contributed by atoms with Crippen LogP contribution < -0.4 is 25.4 Å². The number of para-hydroxylation sites is 1. The molecule has 0 heterocycles. The van der Waals surface area contributed by atoms with Gasteiger partial charge in [-0.2, -0.15) is 0 Å². The van der Waals surface area contributed by atoms with E-state index in [1.807, 2.05) is 50.2 Å². The van der Waals surface area contributed by atoms with Crippen molar-refractivity contribution in [2.75, 3.05) is 24.9 Å². The summed E-state index contributed by atoms with van der Waals surface area (Å²) in [6.07, 6.45) is 1.56. The highest BCUT2D eigenvalue weighted by atomic mass is 32.2. The van der Waals surface area contributed by atoms with E-state index in [0.29, 0.717) is 28.3 Å². The molecule has 3 N–H and O–H groups in total. The fourth-order valence-corrected chi connectivity index (χ4v) is 5.03. The van der Waals surface area contributed by atoms with Crippen LogP contribution in [0.4, 0.5) is 11.4 Å². The standard InChI is InChI=1S/C34H33N3O5S/c1-22-11-8-9-16-28(22)36-32(38)23(2)43-27-15-10-14-26(21-27)35-34(40)29(37-33(39)25-12-6-5-7-13-25)19-24-17-18-30(41-3)31(20-24)42-4/h5-21,23H,1-4H3,(H,35,40)(H,36,38)(H,37,39)/b29-19+. The summed E-state index contributed by atoms with van der Waals surface area (Å²) in [4.78, 5) is 40.1. The number of nitrogens with one attached hydrogen (secondary N) is 3. The lowest BCUT2D eigenvalue weighted by atomic mass is 10.1. The number of carbonyl (C=O) groups excluding carboxylic acids is 3. The molecule has 4 aromatic rings. The molecule has 0 radical (unpaired) electrons. The second-order valence-electron chi connectivity index (χ2n) is 9.54. The number of anilines is 2. The molecule has 0 fully saturated rings. The van der Waals surface area contributed by atoms with Crippen LogP contribution in [-0.2, 0) is 9.59 Å². The summed E-state index contributed by atoms with van der Waals surface area (Å²) in [5.74, 6) is -0.0601. The maximum Gasteiger partial charge on any atom is 0.272 e. The third kappa shape index (κ3) is 8.50. The van der Waals surface area contributed by atoms with Crippen LogP contribution in [0.25, 0.3) is 6.08 Å². The molecule has 1 atom stereocenters. The van der Waals surface area contributed by atoms with Crippen molar-refractivity contribution in [3.05, 3.63) is 119 Å². The molecule has 8 nitrogen and oxygen atoms in total. The van der Waals surface area contributed by atoms with Crippen LogP contribution in [0.5, 0.6) is 11.5 Å². The lowest BCUT2D eigenvalue weighted by Gasteiger charge is -2.15. The predicted molar refractivity (Wildman–Crippen MR) is 172 cm³/mol. The zero-order chi connectivity index (χ0) is 30.8. The number of methoxy groups -OCH3 is 2. The Hall–Kier alpha value is -5.02. The Bertz CT molecular complexity index is 1640. The van der Waals surface area contributed by atoms with Crippen molar-refractivity contribution < 1.29 is 23.9 Å². The molecule has 0 saturated carbocycles. The summed E-state index contributed by atoms with van der Waals surface area (Å²) in [6, 6.07) is 28.6. The molecule has 4 rings (SSSR count). The Balaban J connectivity index is 1.53. The van der Waals surface area contributed by atoms with Gasteiger partial charge in [0.2, 0.25) is 5.91 Å². The van der Waals surface area contributed by atoms with Crippen molar-refractivity contribution in [3.8, 4) is 11.5 Å². The van der Waals surface area contributed by atoms with Crippen molar-refractivity contribution in [1.82, 2.24) is 5.32 Å². The number of rotatable bonds is 11. The molecule has 4 aromatic carbocycles. The molecule has 0 aliphatic rings. The number of carbonyl (C=O) groups is 3. The van der Waals surface area contributed by atoms with E-state index in [1.165, 1.54) is 26.0 Å². The summed E-state index contributed by atoms with van der Waals surface area (Å²) < 4.78 is 10.7. The Morgan fingerprint density at radius 3 is 2.23 bits per heavy atom. The molecular weight excluding hydrogens is 562 g/mol. The number of thioether (sulfide) groups is 1. The van der Waals surface area contributed by atoms with Crippen molar-refractivity contribution in [1.29, 1.82) is 0 Å². The summed E-state index contributed by atoms with van der Waals surface area (Å²) >= 11 is 1.37. The van der Waals surface area contributed by atoms with E-state index in [1.54, 1.807) is 66.7 Å². The van der Waals surface area contributed by atoms with Crippen molar-refractivity contribution in [3.63, 3.8) is 0 Å². The van der Waals surface area contributed by atoms with Gasteiger partial charge in [0.25, 0.3) is 11.8 Å². The van der Waals surface area contributed by atoms with Crippen LogP contribution in [0.3, 0.4) is 0 Å². The van der Waals surface area contributed by atoms with Gasteiger partial charge in [-0.15, -0.1) is 11.8 Å². The second-order valence-corrected chi connectivity index (χ2v) is 11.0. The van der Waals surface area contributed by atoms with Crippen LogP contribution in [0, 0.1) is 6.92 Å². The molecule has 9 heteroatoms. The Morgan fingerprint density at radius 1 is 0.791 bits per heavy atom. The number of aryl methyl sites for hydroxylation is 1. The number of amides is 3. The molecule has 0 aliphatic carbocycles. The quantitative estimate of drug-likeness (QED) is 0.134. The number of ether oxygens (including phenoxy) is 2. The van der Waals surface area contributed by atoms with E-state index >= 15 is 0 Å². The van der Waals surface area contributed by atoms with E-state index in [-0.39, 0.29) is 11.6 Å². The van der Waals surface area contributed by atoms with Crippen LogP contribution in [0.15, 0.2) is 108 Å². The molecule has 1 unspecified atom stereocenters. The number of hydrogen-bond acceptors (Lipinski definition) is 6. The third-order valence-electron chi connectivity index (χ3n) is 6.42. The lowest BCUT2D eigenvalue weighted by molar-refractivity contribution is -0.115. The minimum absolute atomic E-state index is 0.0325. The van der Waals surface area contributed by atoms with Gasteiger partial charge in [0.1, 0.15) is 5.70 Å². The summed E-state index contributed by atoms with van der Waals surface area (Å²) in [5.41, 5.74) is 3.32. The predicted octanol–water partition coefficient (Wildman–Crippen LogP) is 6.54. The van der Waals surface area contributed by atoms with Crippen molar-refractivity contribution >= 4 is 46.9 Å². The Morgan fingerprint density at radius 2 is 1.51 bits per heavy atom. The zero-order valence-corrected chi connectivity index (χ0v) is 25.2. The van der Waals surface area contributed by atoms with Gasteiger partial charge in [-0.25, -0.2) is 0 Å². The van der Waals surface area contributed by atoms with Gasteiger partial charge in [-0.1, -0.05) is 48.5 Å². The van der Waals surface area contributed by atoms with Crippen LogP contribution in [0.2, 0.25) is 0 Å². The fraction of sp³-hybridized carbons (Fsp3) is 0.147. The fourth-order valence-electron chi connectivity index (χ4n) is 4.10. The Labute approximate surface area is 255 Å². The second kappa shape index (κ2) is 14.7. The van der Waals surface area contributed by atoms with Crippen molar-refractivity contribution in [2.45, 2.75) is 24.0 Å². The topological polar surface area (TPSA) is 106 Å². The van der Waals surface area contributed by atoms with E-state index in [0.717, 1.165) is 16.1 Å². The molecule has 220 valence electrons. The average Bonchev–Trinajstić information content (AvgIpc) is 3.02. The summed E-state index contributed by atoms with van der Waals surface area (Å²) in [6.45, 7) is 3.77. The Kier molecular flexibility index (Phi) is 10.6. The molecule has 3 amide bonds. The molecular formula is C34H33N3O5S. The van der Waals surface area contributed by atoms with Crippen LogP contribution in [0.1, 0.15) is 28.4 Å².